The van der Waals surface area contributed by atoms with Crippen LogP contribution in [-0.4, -0.2) is 30.6 Å². The van der Waals surface area contributed by atoms with Gasteiger partial charge in [0, 0.05) is 24.7 Å². The smallest absolute Gasteiger partial charge is 0.329 e. The minimum absolute atomic E-state index is 0.261. The number of carbonyl (C=O) groups is 2. The van der Waals surface area contributed by atoms with E-state index < -0.39 is 6.03 Å². The minimum Gasteiger partial charge on any atom is -0.493 e. The van der Waals surface area contributed by atoms with Gasteiger partial charge in [-0.25, -0.2) is 9.78 Å². The van der Waals surface area contributed by atoms with Crippen molar-refractivity contribution in [3.05, 3.63) is 17.8 Å². The number of hydrogen-bond acceptors (Lipinski definition) is 4. The molecule has 1 N–H and O–H groups in total. The average molecular weight is 277 g/mol. The molecule has 0 bridgehead atoms. The van der Waals surface area contributed by atoms with E-state index in [-0.39, 0.29) is 12.3 Å². The van der Waals surface area contributed by atoms with E-state index in [2.05, 4.69) is 24.1 Å². The van der Waals surface area contributed by atoms with Crippen LogP contribution in [0.15, 0.2) is 12.3 Å². The number of pyridine rings is 1. The lowest BCUT2D eigenvalue weighted by atomic mass is 9.98. The molecule has 1 atom stereocenters. The highest BCUT2D eigenvalue weighted by molar-refractivity contribution is 6.05. The number of hydrogen-bond donors (Lipinski definition) is 1. The van der Waals surface area contributed by atoms with Crippen molar-refractivity contribution in [1.82, 2.24) is 10.3 Å². The molecule has 108 valence electrons. The Balaban J connectivity index is 2.41. The van der Waals surface area contributed by atoms with Crippen LogP contribution in [0.2, 0.25) is 0 Å². The summed E-state index contributed by atoms with van der Waals surface area (Å²) in [6.07, 6.45) is 2.90. The van der Waals surface area contributed by atoms with Crippen molar-refractivity contribution in [1.29, 1.82) is 0 Å². The summed E-state index contributed by atoms with van der Waals surface area (Å²) >= 11 is 0. The van der Waals surface area contributed by atoms with Crippen LogP contribution in [0.3, 0.4) is 0 Å². The average Bonchev–Trinajstić information content (AvgIpc) is 2.45. The second kappa shape index (κ2) is 5.90. The van der Waals surface area contributed by atoms with Crippen molar-refractivity contribution in [3.8, 4) is 5.75 Å². The Bertz CT molecular complexity index is 530. The fraction of sp³-hybridized carbons (Fsp3) is 0.500. The molecule has 0 radical (unpaired) electrons. The normalized spacial score (nSPS) is 16.9. The van der Waals surface area contributed by atoms with E-state index in [1.807, 2.05) is 6.07 Å². The lowest BCUT2D eigenvalue weighted by Crippen LogP contribution is -2.50. The molecule has 0 spiro atoms. The van der Waals surface area contributed by atoms with Gasteiger partial charge in [0.2, 0.25) is 5.91 Å². The van der Waals surface area contributed by atoms with Crippen LogP contribution in [0, 0.1) is 0 Å². The maximum atomic E-state index is 11.9. The number of methoxy groups -OCH3 is 1. The molecule has 1 aliphatic rings. The van der Waals surface area contributed by atoms with Gasteiger partial charge in [0.15, 0.2) is 11.6 Å². The molecule has 1 aliphatic heterocycles. The first-order chi connectivity index (χ1) is 9.58. The molecular formula is C14H19N3O3. The summed E-state index contributed by atoms with van der Waals surface area (Å²) in [5.74, 6) is 1.12. The summed E-state index contributed by atoms with van der Waals surface area (Å²) in [6, 6.07) is 1.46. The number of aromatic nitrogens is 1. The number of carbonyl (C=O) groups excluding carboxylic acids is 2. The van der Waals surface area contributed by atoms with Crippen LogP contribution in [-0.2, 0) is 4.79 Å². The molecular weight excluding hydrogens is 258 g/mol. The Morgan fingerprint density at radius 1 is 1.50 bits per heavy atom. The third-order valence-electron chi connectivity index (χ3n) is 3.57. The lowest BCUT2D eigenvalue weighted by molar-refractivity contribution is -0.120. The van der Waals surface area contributed by atoms with Gasteiger partial charge in [0.25, 0.3) is 0 Å². The summed E-state index contributed by atoms with van der Waals surface area (Å²) < 4.78 is 5.46. The summed E-state index contributed by atoms with van der Waals surface area (Å²) in [5, 5.41) is 2.29. The first-order valence-electron chi connectivity index (χ1n) is 6.72. The Morgan fingerprint density at radius 2 is 2.25 bits per heavy atom. The van der Waals surface area contributed by atoms with Crippen molar-refractivity contribution in [2.45, 2.75) is 32.6 Å². The van der Waals surface area contributed by atoms with Crippen molar-refractivity contribution < 1.29 is 14.3 Å². The van der Waals surface area contributed by atoms with Gasteiger partial charge in [-0.3, -0.25) is 15.0 Å². The van der Waals surface area contributed by atoms with Gasteiger partial charge >= 0.3 is 6.03 Å². The van der Waals surface area contributed by atoms with Crippen LogP contribution in [0.5, 0.6) is 5.75 Å². The fourth-order valence-corrected chi connectivity index (χ4v) is 2.23. The number of ether oxygens (including phenoxy) is 1. The van der Waals surface area contributed by atoms with E-state index in [4.69, 9.17) is 4.74 Å². The highest BCUT2D eigenvalue weighted by Gasteiger charge is 2.29. The molecule has 1 aromatic heterocycles. The predicted octanol–water partition coefficient (Wildman–Crippen LogP) is 2.05. The number of rotatable bonds is 4. The van der Waals surface area contributed by atoms with Gasteiger partial charge in [-0.15, -0.1) is 0 Å². The van der Waals surface area contributed by atoms with Gasteiger partial charge in [-0.1, -0.05) is 13.8 Å². The molecule has 0 saturated carbocycles. The third-order valence-corrected chi connectivity index (χ3v) is 3.57. The Morgan fingerprint density at radius 3 is 2.85 bits per heavy atom. The van der Waals surface area contributed by atoms with Crippen molar-refractivity contribution >= 4 is 17.8 Å². The highest BCUT2D eigenvalue weighted by atomic mass is 16.5. The molecule has 3 amide bonds. The third kappa shape index (κ3) is 2.59. The van der Waals surface area contributed by atoms with E-state index >= 15 is 0 Å². The molecule has 6 nitrogen and oxygen atoms in total. The minimum atomic E-state index is -0.451. The first-order valence-corrected chi connectivity index (χ1v) is 6.72. The van der Waals surface area contributed by atoms with Crippen LogP contribution in [0.4, 0.5) is 10.6 Å². The van der Waals surface area contributed by atoms with Gasteiger partial charge < -0.3 is 4.74 Å². The highest BCUT2D eigenvalue weighted by Crippen LogP contribution is 2.35. The summed E-state index contributed by atoms with van der Waals surface area (Å²) in [6.45, 7) is 4.51. The number of nitrogens with zero attached hydrogens (tertiary/aromatic N) is 2. The Labute approximate surface area is 118 Å². The molecule has 6 heteroatoms. The molecule has 0 aliphatic carbocycles. The maximum Gasteiger partial charge on any atom is 0.329 e. The largest absolute Gasteiger partial charge is 0.493 e. The fourth-order valence-electron chi connectivity index (χ4n) is 2.23. The predicted molar refractivity (Wildman–Crippen MR) is 75.0 cm³/mol. The summed E-state index contributed by atoms with van der Waals surface area (Å²) in [7, 11) is 1.57. The zero-order valence-electron chi connectivity index (χ0n) is 12.0. The molecule has 20 heavy (non-hydrogen) atoms. The Hall–Kier alpha value is -2.11. The summed E-state index contributed by atoms with van der Waals surface area (Å²) in [4.78, 5) is 28.8. The molecule has 2 heterocycles. The molecule has 2 rings (SSSR count). The van der Waals surface area contributed by atoms with E-state index in [0.717, 1.165) is 12.0 Å². The molecule has 1 unspecified atom stereocenters. The van der Waals surface area contributed by atoms with Crippen molar-refractivity contribution in [3.63, 3.8) is 0 Å². The standard InChI is InChI=1S/C14H19N3O3/c1-4-9(2)10-5-7-15-13(12(10)20-3)17-8-6-11(18)16-14(17)19/h5,7,9H,4,6,8H2,1-3H3,(H,16,18,19). The van der Waals surface area contributed by atoms with E-state index in [1.165, 1.54) is 4.90 Å². The quantitative estimate of drug-likeness (QED) is 0.914. The van der Waals surface area contributed by atoms with E-state index in [9.17, 15) is 9.59 Å². The number of nitrogens with one attached hydrogen (secondary N) is 1. The monoisotopic (exact) mass is 277 g/mol. The Kier molecular flexibility index (Phi) is 4.22. The van der Waals surface area contributed by atoms with Crippen LogP contribution in [0.1, 0.15) is 38.2 Å². The molecule has 1 aromatic rings. The zero-order chi connectivity index (χ0) is 14.7. The summed E-state index contributed by atoms with van der Waals surface area (Å²) in [5.41, 5.74) is 1.02. The van der Waals surface area contributed by atoms with Crippen molar-refractivity contribution in [2.24, 2.45) is 0 Å². The molecule has 1 fully saturated rings. The molecule has 0 aromatic carbocycles. The van der Waals surface area contributed by atoms with Crippen LogP contribution in [0.25, 0.3) is 0 Å². The first kappa shape index (κ1) is 14.3. The molecule has 1 saturated heterocycles. The maximum absolute atomic E-state index is 11.9. The number of urea groups is 1. The lowest BCUT2D eigenvalue weighted by Gasteiger charge is -2.28. The van der Waals surface area contributed by atoms with Gasteiger partial charge in [0.05, 0.1) is 7.11 Å². The van der Waals surface area contributed by atoms with Gasteiger partial charge in [-0.05, 0) is 18.4 Å². The van der Waals surface area contributed by atoms with Crippen LogP contribution >= 0.6 is 0 Å². The topological polar surface area (TPSA) is 71.5 Å². The zero-order valence-corrected chi connectivity index (χ0v) is 12.0. The number of imide groups is 1. The van der Waals surface area contributed by atoms with Gasteiger partial charge in [-0.2, -0.15) is 0 Å². The van der Waals surface area contributed by atoms with Crippen molar-refractivity contribution in [2.75, 3.05) is 18.6 Å². The number of amides is 3. The SMILES string of the molecule is CCC(C)c1ccnc(N2CCC(=O)NC2=O)c1OC. The number of anilines is 1. The second-order valence-corrected chi connectivity index (χ2v) is 4.82. The van der Waals surface area contributed by atoms with E-state index in [0.29, 0.717) is 24.0 Å². The second-order valence-electron chi connectivity index (χ2n) is 4.82. The van der Waals surface area contributed by atoms with E-state index in [1.54, 1.807) is 13.3 Å². The van der Waals surface area contributed by atoms with Gasteiger partial charge in [0.1, 0.15) is 0 Å². The van der Waals surface area contributed by atoms with Crippen LogP contribution < -0.4 is 15.0 Å².